The zero-order chi connectivity index (χ0) is 10.2. The highest BCUT2D eigenvalue weighted by Crippen LogP contribution is 2.33. The molecule has 0 aliphatic rings. The molecule has 0 heterocycles. The fourth-order valence-corrected chi connectivity index (χ4v) is 3.09. The molecule has 0 saturated carbocycles. The summed E-state index contributed by atoms with van der Waals surface area (Å²) in [5.41, 5.74) is 0. The Morgan fingerprint density at radius 3 is 2.38 bits per heavy atom. The van der Waals surface area contributed by atoms with Gasteiger partial charge in [-0.1, -0.05) is 11.6 Å². The van der Waals surface area contributed by atoms with E-state index in [1.165, 1.54) is 0 Å². The van der Waals surface area contributed by atoms with E-state index in [-0.39, 0.29) is 14.4 Å². The standard InChI is InChI=1S/C6H2BrCl2FO2S/c7-5-4(13(9,11)12)2-1-3(10)6(5)8/h1-2H. The molecule has 0 atom stereocenters. The second kappa shape index (κ2) is 3.73. The summed E-state index contributed by atoms with van der Waals surface area (Å²) < 4.78 is 34.4. The molecule has 0 bridgehead atoms. The van der Waals surface area contributed by atoms with Crippen molar-refractivity contribution < 1.29 is 12.8 Å². The van der Waals surface area contributed by atoms with Gasteiger partial charge in [0.25, 0.3) is 9.05 Å². The molecule has 0 amide bonds. The molecule has 72 valence electrons. The Hall–Kier alpha value is 0.160. The normalized spacial score (nSPS) is 11.7. The third kappa shape index (κ3) is 2.34. The summed E-state index contributed by atoms with van der Waals surface area (Å²) in [7, 11) is 1.15. The Balaban J connectivity index is 3.53. The van der Waals surface area contributed by atoms with E-state index in [1.807, 2.05) is 0 Å². The van der Waals surface area contributed by atoms with E-state index in [1.54, 1.807) is 0 Å². The van der Waals surface area contributed by atoms with Gasteiger partial charge in [0.1, 0.15) is 5.82 Å². The molecule has 7 heteroatoms. The van der Waals surface area contributed by atoms with Gasteiger partial charge < -0.3 is 0 Å². The third-order valence-electron chi connectivity index (χ3n) is 1.26. The number of rotatable bonds is 1. The first-order valence-electron chi connectivity index (χ1n) is 2.92. The summed E-state index contributed by atoms with van der Waals surface area (Å²) in [6.07, 6.45) is 0. The van der Waals surface area contributed by atoms with Crippen LogP contribution < -0.4 is 0 Å². The van der Waals surface area contributed by atoms with Crippen LogP contribution >= 0.6 is 38.2 Å². The van der Waals surface area contributed by atoms with Gasteiger partial charge in [0.15, 0.2) is 0 Å². The van der Waals surface area contributed by atoms with Crippen molar-refractivity contribution >= 4 is 47.3 Å². The van der Waals surface area contributed by atoms with Crippen LogP contribution in [0.4, 0.5) is 4.39 Å². The Morgan fingerprint density at radius 1 is 1.38 bits per heavy atom. The molecule has 13 heavy (non-hydrogen) atoms. The van der Waals surface area contributed by atoms with Crippen LogP contribution in [-0.4, -0.2) is 8.42 Å². The lowest BCUT2D eigenvalue weighted by atomic mass is 10.3. The lowest BCUT2D eigenvalue weighted by Gasteiger charge is -2.02. The Bertz CT molecular complexity index is 446. The van der Waals surface area contributed by atoms with Gasteiger partial charge in [-0.2, -0.15) is 0 Å². The second-order valence-electron chi connectivity index (χ2n) is 2.11. The minimum absolute atomic E-state index is 0.0656. The molecule has 1 aromatic rings. The van der Waals surface area contributed by atoms with Gasteiger partial charge in [-0.05, 0) is 28.1 Å². The van der Waals surface area contributed by atoms with E-state index < -0.39 is 14.9 Å². The molecule has 2 nitrogen and oxygen atoms in total. The number of benzene rings is 1. The molecule has 1 rings (SSSR count). The van der Waals surface area contributed by atoms with Crippen LogP contribution in [0.1, 0.15) is 0 Å². The van der Waals surface area contributed by atoms with E-state index in [2.05, 4.69) is 15.9 Å². The quantitative estimate of drug-likeness (QED) is 0.590. The molecule has 0 radical (unpaired) electrons. The third-order valence-corrected chi connectivity index (χ3v) is 4.31. The van der Waals surface area contributed by atoms with E-state index in [0.29, 0.717) is 0 Å². The molecular formula is C6H2BrCl2FO2S. The van der Waals surface area contributed by atoms with E-state index in [9.17, 15) is 12.8 Å². The van der Waals surface area contributed by atoms with Crippen LogP contribution in [0.25, 0.3) is 0 Å². The first-order valence-corrected chi connectivity index (χ1v) is 6.40. The predicted octanol–water partition coefficient (Wildman–Crippen LogP) is 3.17. The highest BCUT2D eigenvalue weighted by Gasteiger charge is 2.18. The molecule has 0 saturated heterocycles. The Kier molecular flexibility index (Phi) is 3.22. The van der Waals surface area contributed by atoms with Gasteiger partial charge in [0, 0.05) is 10.7 Å². The SMILES string of the molecule is O=S(=O)(Cl)c1ccc(F)c(Cl)c1Br. The van der Waals surface area contributed by atoms with E-state index >= 15 is 0 Å². The van der Waals surface area contributed by atoms with Crippen molar-refractivity contribution in [3.63, 3.8) is 0 Å². The molecule has 0 spiro atoms. The topological polar surface area (TPSA) is 34.1 Å². The largest absolute Gasteiger partial charge is 0.262 e. The molecule has 0 aliphatic heterocycles. The molecule has 0 unspecified atom stereocenters. The highest BCUT2D eigenvalue weighted by atomic mass is 79.9. The van der Waals surface area contributed by atoms with Crippen LogP contribution in [0.3, 0.4) is 0 Å². The minimum atomic E-state index is -3.90. The number of halogens is 4. The van der Waals surface area contributed by atoms with E-state index in [0.717, 1.165) is 12.1 Å². The number of hydrogen-bond donors (Lipinski definition) is 0. The first kappa shape index (κ1) is 11.2. The van der Waals surface area contributed by atoms with Crippen LogP contribution in [-0.2, 0) is 9.05 Å². The van der Waals surface area contributed by atoms with Gasteiger partial charge in [-0.3, -0.25) is 0 Å². The molecular weight excluding hydrogens is 306 g/mol. The number of hydrogen-bond acceptors (Lipinski definition) is 2. The van der Waals surface area contributed by atoms with Gasteiger partial charge in [0.05, 0.1) is 14.4 Å². The van der Waals surface area contributed by atoms with Crippen LogP contribution in [0.2, 0.25) is 5.02 Å². The minimum Gasteiger partial charge on any atom is -0.207 e. The second-order valence-corrected chi connectivity index (χ2v) is 5.82. The maximum absolute atomic E-state index is 12.7. The maximum atomic E-state index is 12.7. The Morgan fingerprint density at radius 2 is 1.92 bits per heavy atom. The summed E-state index contributed by atoms with van der Waals surface area (Å²) in [6.45, 7) is 0. The lowest BCUT2D eigenvalue weighted by molar-refractivity contribution is 0.606. The zero-order valence-corrected chi connectivity index (χ0v) is 9.81. The average Bonchev–Trinajstić information content (AvgIpc) is 1.98. The average molecular weight is 308 g/mol. The summed E-state index contributed by atoms with van der Waals surface area (Å²) >= 11 is 8.28. The van der Waals surface area contributed by atoms with Crippen molar-refractivity contribution in [3.05, 3.63) is 27.4 Å². The molecule has 0 N–H and O–H groups in total. The summed E-state index contributed by atoms with van der Waals surface area (Å²) in [5, 5.41) is -0.304. The van der Waals surface area contributed by atoms with Crippen molar-refractivity contribution in [3.8, 4) is 0 Å². The highest BCUT2D eigenvalue weighted by molar-refractivity contribution is 9.10. The monoisotopic (exact) mass is 306 g/mol. The van der Waals surface area contributed by atoms with Crippen molar-refractivity contribution in [1.82, 2.24) is 0 Å². The summed E-state index contributed by atoms with van der Waals surface area (Å²) in [4.78, 5) is -0.249. The Labute approximate surface area is 92.2 Å². The molecule has 1 aromatic carbocycles. The molecule has 0 fully saturated rings. The van der Waals surface area contributed by atoms with Crippen molar-refractivity contribution in [2.45, 2.75) is 4.90 Å². The fourth-order valence-electron chi connectivity index (χ4n) is 0.696. The molecule has 0 aliphatic carbocycles. The predicted molar refractivity (Wildman–Crippen MR) is 52.1 cm³/mol. The fraction of sp³-hybridized carbons (Fsp3) is 0. The smallest absolute Gasteiger partial charge is 0.207 e. The first-order chi connectivity index (χ1) is 5.84. The van der Waals surface area contributed by atoms with Gasteiger partial charge in [-0.15, -0.1) is 0 Å². The lowest BCUT2D eigenvalue weighted by Crippen LogP contribution is -1.93. The van der Waals surface area contributed by atoms with E-state index in [4.69, 9.17) is 22.3 Å². The van der Waals surface area contributed by atoms with Gasteiger partial charge >= 0.3 is 0 Å². The molecule has 0 aromatic heterocycles. The van der Waals surface area contributed by atoms with Gasteiger partial charge in [0.2, 0.25) is 0 Å². The zero-order valence-electron chi connectivity index (χ0n) is 5.89. The van der Waals surface area contributed by atoms with Gasteiger partial charge in [-0.25, -0.2) is 12.8 Å². The summed E-state index contributed by atoms with van der Waals surface area (Å²) in [6, 6.07) is 1.97. The van der Waals surface area contributed by atoms with Crippen molar-refractivity contribution in [2.75, 3.05) is 0 Å². The van der Waals surface area contributed by atoms with Crippen LogP contribution in [0, 0.1) is 5.82 Å². The maximum Gasteiger partial charge on any atom is 0.262 e. The van der Waals surface area contributed by atoms with Crippen molar-refractivity contribution in [2.24, 2.45) is 0 Å². The van der Waals surface area contributed by atoms with Crippen molar-refractivity contribution in [1.29, 1.82) is 0 Å². The summed E-state index contributed by atoms with van der Waals surface area (Å²) in [5.74, 6) is -0.711. The van der Waals surface area contributed by atoms with Crippen LogP contribution in [0.5, 0.6) is 0 Å². The van der Waals surface area contributed by atoms with Crippen LogP contribution in [0.15, 0.2) is 21.5 Å².